The van der Waals surface area contributed by atoms with Crippen molar-refractivity contribution in [2.24, 2.45) is 0 Å². The van der Waals surface area contributed by atoms with Crippen LogP contribution in [-0.2, 0) is 44.2 Å². The minimum Gasteiger partial charge on any atom is -0.393 e. The van der Waals surface area contributed by atoms with E-state index in [-0.39, 0.29) is 34.1 Å². The van der Waals surface area contributed by atoms with Crippen LogP contribution in [0.3, 0.4) is 0 Å². The third-order valence-electron chi connectivity index (χ3n) is 7.73. The van der Waals surface area contributed by atoms with Crippen molar-refractivity contribution in [2.75, 3.05) is 31.8 Å². The van der Waals surface area contributed by atoms with Crippen LogP contribution < -0.4 is 17.0 Å². The quantitative estimate of drug-likeness (QED) is 0.0900. The second kappa shape index (κ2) is 12.8. The van der Waals surface area contributed by atoms with Crippen molar-refractivity contribution in [2.45, 2.75) is 55.3 Å². The van der Waals surface area contributed by atoms with E-state index in [0.717, 1.165) is 10.9 Å². The molecule has 6 heterocycles. The van der Waals surface area contributed by atoms with Gasteiger partial charge in [0.2, 0.25) is 5.95 Å². The number of aliphatic hydroxyl groups excluding tert-OH is 1. The van der Waals surface area contributed by atoms with Gasteiger partial charge in [0.15, 0.2) is 47.3 Å². The molecular formula is C22H27F2N10O10P2S2+. The summed E-state index contributed by atoms with van der Waals surface area (Å²) < 4.78 is 79.6. The van der Waals surface area contributed by atoms with Crippen LogP contribution >= 0.6 is 26.2 Å². The summed E-state index contributed by atoms with van der Waals surface area (Å²) in [5, 5.41) is 9.67. The zero-order valence-electron chi connectivity index (χ0n) is 24.6. The fraction of sp³-hybridized carbons (Fsp3) is 0.545. The van der Waals surface area contributed by atoms with Gasteiger partial charge in [0.25, 0.3) is 5.56 Å². The average Bonchev–Trinajstić information content (AvgIpc) is 3.75. The molecule has 26 heteroatoms. The Labute approximate surface area is 278 Å². The van der Waals surface area contributed by atoms with Crippen LogP contribution in [0.1, 0.15) is 19.4 Å². The summed E-state index contributed by atoms with van der Waals surface area (Å²) in [6.07, 6.45) is -6.16. The molecule has 0 aromatic carbocycles. The molecule has 20 nitrogen and oxygen atoms in total. The fourth-order valence-electron chi connectivity index (χ4n) is 5.52. The Morgan fingerprint density at radius 2 is 1.85 bits per heavy atom. The SMILES string of the molecule is CO[C@H]1[C@@H](n2cnc3c(N)ncnc32)O[C@](C)(COP(O)(=S)O[C@H]2[C@H](n3cnc4c(=O)[nH]c(N)nc43)O[C@H](CO)C2(F)F)[C@H]1O[P+](=O)S. The molecule has 4 aromatic rings. The Kier molecular flexibility index (Phi) is 9.32. The number of ether oxygens (including phenoxy) is 3. The molecule has 4 aromatic heterocycles. The van der Waals surface area contributed by atoms with Crippen LogP contribution in [0, 0.1) is 0 Å². The van der Waals surface area contributed by atoms with Crippen LogP contribution in [0.4, 0.5) is 20.5 Å². The fourth-order valence-corrected chi connectivity index (χ4v) is 7.81. The zero-order valence-corrected chi connectivity index (χ0v) is 28.1. The van der Waals surface area contributed by atoms with Crippen molar-refractivity contribution < 1.29 is 51.1 Å². The number of methoxy groups -OCH3 is 1. The van der Waals surface area contributed by atoms with Gasteiger partial charge < -0.3 is 40.2 Å². The Morgan fingerprint density at radius 3 is 2.52 bits per heavy atom. The van der Waals surface area contributed by atoms with Gasteiger partial charge in [-0.05, 0) is 23.3 Å². The van der Waals surface area contributed by atoms with Gasteiger partial charge in [0, 0.05) is 7.11 Å². The summed E-state index contributed by atoms with van der Waals surface area (Å²) in [7, 11) is -1.25. The maximum atomic E-state index is 15.6. The number of nitrogens with zero attached hydrogens (tertiary/aromatic N) is 7. The number of aromatic nitrogens is 8. The summed E-state index contributed by atoms with van der Waals surface area (Å²) in [6, 6.07) is 0. The molecule has 0 spiro atoms. The lowest BCUT2D eigenvalue weighted by Gasteiger charge is -2.31. The van der Waals surface area contributed by atoms with Crippen LogP contribution in [0.2, 0.25) is 0 Å². The number of thiol groups is 1. The highest BCUT2D eigenvalue weighted by Gasteiger charge is 2.63. The number of nitrogen functional groups attached to an aromatic ring is 2. The van der Waals surface area contributed by atoms with Gasteiger partial charge in [-0.3, -0.25) is 23.4 Å². The normalized spacial score (nSPS) is 30.3. The molecule has 9 atom stereocenters. The molecule has 2 unspecified atom stereocenters. The number of hydrogen-bond donors (Lipinski definition) is 6. The van der Waals surface area contributed by atoms with Crippen molar-refractivity contribution in [3.05, 3.63) is 29.3 Å². The first-order valence-electron chi connectivity index (χ1n) is 13.6. The monoisotopic (exact) mass is 755 g/mol. The minimum absolute atomic E-state index is 0.0883. The zero-order chi connectivity index (χ0) is 34.8. The number of hydrogen-bond acceptors (Lipinski definition) is 17. The number of fused-ring (bicyclic) bond motifs is 2. The van der Waals surface area contributed by atoms with Gasteiger partial charge in [-0.1, -0.05) is 0 Å². The van der Waals surface area contributed by atoms with Crippen molar-refractivity contribution in [1.82, 2.24) is 39.0 Å². The summed E-state index contributed by atoms with van der Waals surface area (Å²) in [4.78, 5) is 45.8. The number of aromatic amines is 1. The molecule has 0 aliphatic carbocycles. The third kappa shape index (κ3) is 6.09. The first-order valence-corrected chi connectivity index (χ1v) is 18.5. The molecule has 260 valence electrons. The summed E-state index contributed by atoms with van der Waals surface area (Å²) in [5.74, 6) is -4.23. The Balaban J connectivity index is 1.29. The molecule has 0 bridgehead atoms. The van der Waals surface area contributed by atoms with Crippen molar-refractivity contribution in [3.8, 4) is 0 Å². The molecule has 2 saturated heterocycles. The van der Waals surface area contributed by atoms with Gasteiger partial charge >= 0.3 is 19.9 Å². The van der Waals surface area contributed by atoms with E-state index in [9.17, 15) is 19.4 Å². The molecule has 0 radical (unpaired) electrons. The van der Waals surface area contributed by atoms with Crippen LogP contribution in [0.15, 0.2) is 23.8 Å². The maximum absolute atomic E-state index is 15.6. The summed E-state index contributed by atoms with van der Waals surface area (Å²) in [5.41, 5.74) is 9.12. The molecule has 0 amide bonds. The van der Waals surface area contributed by atoms with E-state index in [1.807, 2.05) is 0 Å². The second-order valence-electron chi connectivity index (χ2n) is 10.8. The number of alkyl halides is 2. The molecule has 7 N–H and O–H groups in total. The molecule has 48 heavy (non-hydrogen) atoms. The summed E-state index contributed by atoms with van der Waals surface area (Å²) in [6.45, 7) is -5.07. The topological polar surface area (TPSA) is 272 Å². The van der Waals surface area contributed by atoms with E-state index in [2.05, 4.69) is 42.2 Å². The number of halogens is 2. The number of anilines is 2. The average molecular weight is 756 g/mol. The third-order valence-corrected chi connectivity index (χ3v) is 9.95. The molecule has 2 aliphatic rings. The second-order valence-corrected chi connectivity index (χ2v) is 15.2. The predicted octanol–water partition coefficient (Wildman–Crippen LogP) is 0.542. The van der Waals surface area contributed by atoms with Gasteiger partial charge in [0.05, 0.1) is 25.9 Å². The highest BCUT2D eigenvalue weighted by molar-refractivity contribution is 8.39. The van der Waals surface area contributed by atoms with Gasteiger partial charge in [-0.15, -0.1) is 4.52 Å². The molecule has 0 saturated carbocycles. The lowest BCUT2D eigenvalue weighted by atomic mass is 9.98. The van der Waals surface area contributed by atoms with Crippen molar-refractivity contribution in [3.63, 3.8) is 0 Å². The van der Waals surface area contributed by atoms with Crippen LogP contribution in [-0.4, -0.2) is 105 Å². The predicted molar refractivity (Wildman–Crippen MR) is 166 cm³/mol. The van der Waals surface area contributed by atoms with Crippen molar-refractivity contribution >= 4 is 72.1 Å². The maximum Gasteiger partial charge on any atom is 0.582 e. The lowest BCUT2D eigenvalue weighted by Crippen LogP contribution is -2.45. The van der Waals surface area contributed by atoms with E-state index in [1.54, 1.807) is 0 Å². The molecule has 2 aliphatic heterocycles. The number of nitrogens with one attached hydrogen (secondary N) is 1. The summed E-state index contributed by atoms with van der Waals surface area (Å²) >= 11 is 9.00. The molecular weight excluding hydrogens is 728 g/mol. The largest absolute Gasteiger partial charge is 0.582 e. The van der Waals surface area contributed by atoms with E-state index < -0.39 is 81.1 Å². The van der Waals surface area contributed by atoms with Gasteiger partial charge in [0.1, 0.15) is 41.9 Å². The number of aliphatic hydroxyl groups is 1. The van der Waals surface area contributed by atoms with E-state index >= 15 is 8.78 Å². The van der Waals surface area contributed by atoms with Crippen LogP contribution in [0.5, 0.6) is 0 Å². The Bertz CT molecular complexity index is 1990. The number of nitrogens with two attached hydrogens (primary N) is 2. The first-order chi connectivity index (χ1) is 22.6. The van der Waals surface area contributed by atoms with E-state index in [1.165, 1.54) is 31.3 Å². The van der Waals surface area contributed by atoms with Gasteiger partial charge in [-0.2, -0.15) is 4.98 Å². The Hall–Kier alpha value is -2.86. The molecule has 6 rings (SSSR count). The molecule has 2 fully saturated rings. The number of imidazole rings is 2. The highest BCUT2D eigenvalue weighted by atomic mass is 32.7. The smallest absolute Gasteiger partial charge is 0.393 e. The van der Waals surface area contributed by atoms with Crippen LogP contribution in [0.25, 0.3) is 22.3 Å². The van der Waals surface area contributed by atoms with Crippen molar-refractivity contribution in [1.29, 1.82) is 0 Å². The van der Waals surface area contributed by atoms with E-state index in [0.29, 0.717) is 0 Å². The standard InChI is InChI=1S/C22H26F2N10O10P2S2/c1-21(12(43-45(37)47)11(39-2)18(42-21)33-6-29-9-14(25)27-5-28-15(9)33)4-40-46(38,48)44-13-19(41-8(3-35)22(13,23)24)34-7-30-10-16(34)31-20(26)32-17(10)36/h5-8,11-13,18-19,35H,3-4H2,1-2H3,(H6-,25,26,27,28,31,32,36,37,38,47,48)/p+1/t8-,11-,12+,13+,18+,19-,21-,46?/m1/s1. The minimum atomic E-state index is -4.67. The highest BCUT2D eigenvalue weighted by Crippen LogP contribution is 2.55. The van der Waals surface area contributed by atoms with E-state index in [4.69, 9.17) is 51.1 Å². The first kappa shape index (κ1) is 35.0. The lowest BCUT2D eigenvalue weighted by molar-refractivity contribution is -0.125. The number of rotatable bonds is 11. The Morgan fingerprint density at radius 1 is 1.17 bits per heavy atom. The van der Waals surface area contributed by atoms with Gasteiger partial charge in [-0.25, -0.2) is 28.7 Å². The number of H-pyrrole nitrogens is 1.